The van der Waals surface area contributed by atoms with Crippen LogP contribution >= 0.6 is 0 Å². The van der Waals surface area contributed by atoms with Gasteiger partial charge in [-0.05, 0) is 53.9 Å². The summed E-state index contributed by atoms with van der Waals surface area (Å²) in [5, 5.41) is 32.7. The number of carboxylic acid groups (broad SMARTS) is 1. The molecule has 0 aliphatic heterocycles. The van der Waals surface area contributed by atoms with Gasteiger partial charge >= 0.3 is 0 Å². The van der Waals surface area contributed by atoms with Crippen molar-refractivity contribution in [2.45, 2.75) is 19.4 Å². The van der Waals surface area contributed by atoms with E-state index in [4.69, 9.17) is 5.26 Å². The summed E-state index contributed by atoms with van der Waals surface area (Å²) in [6.07, 6.45) is 0.679. The molecule has 0 radical (unpaired) electrons. The molecule has 0 aliphatic carbocycles. The fourth-order valence-corrected chi connectivity index (χ4v) is 2.16. The zero-order valence-corrected chi connectivity index (χ0v) is 12.0. The standard InChI is InChI=1S/C17H16N2O3/c1-2-11-7-13(9-15(20)8-11)16(17(21)22)19-14-5-3-12(10-18)4-6-14/h3-9,16,19-20H,2H2,1H3,(H,21,22)/p-1. The minimum Gasteiger partial charge on any atom is -0.548 e. The highest BCUT2D eigenvalue weighted by molar-refractivity contribution is 5.77. The number of nitrogens with zero attached hydrogens (tertiary/aromatic N) is 1. The third-order valence-corrected chi connectivity index (χ3v) is 3.30. The van der Waals surface area contributed by atoms with Crippen molar-refractivity contribution in [1.82, 2.24) is 0 Å². The molecule has 0 bridgehead atoms. The Balaban J connectivity index is 2.32. The number of aromatic hydroxyl groups is 1. The molecule has 0 amide bonds. The summed E-state index contributed by atoms with van der Waals surface area (Å²) >= 11 is 0. The summed E-state index contributed by atoms with van der Waals surface area (Å²) < 4.78 is 0. The van der Waals surface area contributed by atoms with Crippen molar-refractivity contribution < 1.29 is 15.0 Å². The fourth-order valence-electron chi connectivity index (χ4n) is 2.16. The average Bonchev–Trinajstić information content (AvgIpc) is 2.52. The lowest BCUT2D eigenvalue weighted by molar-refractivity contribution is -0.307. The van der Waals surface area contributed by atoms with Gasteiger partial charge in [0.15, 0.2) is 0 Å². The van der Waals surface area contributed by atoms with Crippen LogP contribution in [-0.2, 0) is 11.2 Å². The Hall–Kier alpha value is -3.00. The molecule has 2 aromatic rings. The molecular formula is C17H15N2O3-. The van der Waals surface area contributed by atoms with Crippen molar-refractivity contribution >= 4 is 11.7 Å². The molecular weight excluding hydrogens is 280 g/mol. The highest BCUT2D eigenvalue weighted by Crippen LogP contribution is 2.25. The lowest BCUT2D eigenvalue weighted by Crippen LogP contribution is -2.34. The van der Waals surface area contributed by atoms with Crippen LogP contribution in [0.3, 0.4) is 0 Å². The number of aliphatic carboxylic acids is 1. The first kappa shape index (κ1) is 15.4. The first-order valence-corrected chi connectivity index (χ1v) is 6.84. The quantitative estimate of drug-likeness (QED) is 0.875. The van der Waals surface area contributed by atoms with Crippen LogP contribution in [0.5, 0.6) is 5.75 Å². The second-order valence-electron chi connectivity index (χ2n) is 4.87. The average molecular weight is 295 g/mol. The van der Waals surface area contributed by atoms with Gasteiger partial charge in [-0.2, -0.15) is 5.26 Å². The largest absolute Gasteiger partial charge is 0.548 e. The Morgan fingerprint density at radius 2 is 2.00 bits per heavy atom. The van der Waals surface area contributed by atoms with Crippen LogP contribution < -0.4 is 10.4 Å². The Morgan fingerprint density at radius 3 is 2.55 bits per heavy atom. The van der Waals surface area contributed by atoms with E-state index >= 15 is 0 Å². The van der Waals surface area contributed by atoms with E-state index in [2.05, 4.69) is 5.32 Å². The fraction of sp³-hybridized carbons (Fsp3) is 0.176. The van der Waals surface area contributed by atoms with Gasteiger partial charge in [0.1, 0.15) is 5.75 Å². The molecule has 5 nitrogen and oxygen atoms in total. The van der Waals surface area contributed by atoms with Crippen molar-refractivity contribution in [3.8, 4) is 11.8 Å². The van der Waals surface area contributed by atoms with Crippen molar-refractivity contribution in [3.05, 3.63) is 59.2 Å². The molecule has 1 atom stereocenters. The normalized spacial score (nSPS) is 11.5. The number of phenolic OH excluding ortho intramolecular Hbond substituents is 1. The zero-order chi connectivity index (χ0) is 16.1. The highest BCUT2D eigenvalue weighted by atomic mass is 16.4. The number of carbonyl (C=O) groups excluding carboxylic acids is 1. The van der Waals surface area contributed by atoms with Gasteiger partial charge in [0.05, 0.1) is 23.6 Å². The van der Waals surface area contributed by atoms with Gasteiger partial charge in [0.2, 0.25) is 0 Å². The number of rotatable bonds is 5. The molecule has 0 heterocycles. The first-order chi connectivity index (χ1) is 10.5. The molecule has 5 heteroatoms. The lowest BCUT2D eigenvalue weighted by atomic mass is 10.0. The molecule has 0 aromatic heterocycles. The SMILES string of the molecule is CCc1cc(O)cc(C(Nc2ccc(C#N)cc2)C(=O)[O-])c1. The van der Waals surface area contributed by atoms with Gasteiger partial charge in [-0.3, -0.25) is 0 Å². The van der Waals surface area contributed by atoms with E-state index in [0.717, 1.165) is 5.56 Å². The third-order valence-electron chi connectivity index (χ3n) is 3.30. The predicted molar refractivity (Wildman–Crippen MR) is 80.0 cm³/mol. The number of carboxylic acids is 1. The maximum atomic E-state index is 11.4. The molecule has 22 heavy (non-hydrogen) atoms. The maximum Gasteiger partial charge on any atom is 0.116 e. The number of hydrogen-bond acceptors (Lipinski definition) is 5. The maximum absolute atomic E-state index is 11.4. The topological polar surface area (TPSA) is 96.2 Å². The van der Waals surface area contributed by atoms with Crippen LogP contribution in [0.15, 0.2) is 42.5 Å². The Bertz CT molecular complexity index is 718. The van der Waals surface area contributed by atoms with E-state index in [1.54, 1.807) is 36.4 Å². The number of carbonyl (C=O) groups is 1. The van der Waals surface area contributed by atoms with E-state index in [1.165, 1.54) is 6.07 Å². The second kappa shape index (κ2) is 6.64. The van der Waals surface area contributed by atoms with E-state index in [0.29, 0.717) is 23.2 Å². The molecule has 2 rings (SSSR count). The molecule has 112 valence electrons. The van der Waals surface area contributed by atoms with Crippen LogP contribution in [0.4, 0.5) is 5.69 Å². The summed E-state index contributed by atoms with van der Waals surface area (Å²) in [4.78, 5) is 11.4. The third kappa shape index (κ3) is 3.55. The monoisotopic (exact) mass is 295 g/mol. The van der Waals surface area contributed by atoms with Gasteiger partial charge < -0.3 is 20.3 Å². The molecule has 2 N–H and O–H groups in total. The number of hydrogen-bond donors (Lipinski definition) is 2. The smallest absolute Gasteiger partial charge is 0.116 e. The van der Waals surface area contributed by atoms with Crippen LogP contribution in [0.2, 0.25) is 0 Å². The van der Waals surface area contributed by atoms with Gasteiger partial charge in [-0.25, -0.2) is 0 Å². The molecule has 0 fully saturated rings. The van der Waals surface area contributed by atoms with Crippen LogP contribution in [0.1, 0.15) is 29.7 Å². The molecule has 2 aromatic carbocycles. The molecule has 0 aliphatic rings. The minimum atomic E-state index is -1.29. The van der Waals surface area contributed by atoms with Crippen LogP contribution in [0.25, 0.3) is 0 Å². The number of benzene rings is 2. The Labute approximate surface area is 128 Å². The van der Waals surface area contributed by atoms with Crippen molar-refractivity contribution in [2.24, 2.45) is 0 Å². The van der Waals surface area contributed by atoms with Crippen molar-refractivity contribution in [1.29, 1.82) is 5.26 Å². The van der Waals surface area contributed by atoms with Crippen LogP contribution in [-0.4, -0.2) is 11.1 Å². The van der Waals surface area contributed by atoms with Crippen molar-refractivity contribution in [3.63, 3.8) is 0 Å². The number of nitrogens with one attached hydrogen (secondary N) is 1. The number of nitriles is 1. The van der Waals surface area contributed by atoms with E-state index in [9.17, 15) is 15.0 Å². The Kier molecular flexibility index (Phi) is 4.64. The molecule has 0 spiro atoms. The number of phenols is 1. The van der Waals surface area contributed by atoms with Crippen molar-refractivity contribution in [2.75, 3.05) is 5.32 Å². The first-order valence-electron chi connectivity index (χ1n) is 6.84. The molecule has 1 unspecified atom stereocenters. The Morgan fingerprint density at radius 1 is 1.32 bits per heavy atom. The van der Waals surface area contributed by atoms with Gasteiger partial charge in [0, 0.05) is 5.69 Å². The molecule has 0 saturated carbocycles. The summed E-state index contributed by atoms with van der Waals surface area (Å²) in [7, 11) is 0. The minimum absolute atomic E-state index is 0.0160. The number of anilines is 1. The zero-order valence-electron chi connectivity index (χ0n) is 12.0. The van der Waals surface area contributed by atoms with Gasteiger partial charge in [-0.1, -0.05) is 13.0 Å². The van der Waals surface area contributed by atoms with Gasteiger partial charge in [-0.15, -0.1) is 0 Å². The summed E-state index contributed by atoms with van der Waals surface area (Å²) in [5.41, 5.74) is 2.29. The lowest BCUT2D eigenvalue weighted by Gasteiger charge is -2.22. The highest BCUT2D eigenvalue weighted by Gasteiger charge is 2.14. The molecule has 0 saturated heterocycles. The number of aryl methyl sites for hydroxylation is 1. The van der Waals surface area contributed by atoms with E-state index < -0.39 is 12.0 Å². The summed E-state index contributed by atoms with van der Waals surface area (Å²) in [5.74, 6) is -1.28. The predicted octanol–water partition coefficient (Wildman–Crippen LogP) is 1.73. The van der Waals surface area contributed by atoms with E-state index in [-0.39, 0.29) is 5.75 Å². The second-order valence-corrected chi connectivity index (χ2v) is 4.87. The summed E-state index contributed by atoms with van der Waals surface area (Å²) in [6, 6.07) is 12.0. The van der Waals surface area contributed by atoms with E-state index in [1.807, 2.05) is 13.0 Å². The summed E-state index contributed by atoms with van der Waals surface area (Å²) in [6.45, 7) is 1.92. The van der Waals surface area contributed by atoms with Crippen LogP contribution in [0, 0.1) is 11.3 Å². The van der Waals surface area contributed by atoms with Gasteiger partial charge in [0.25, 0.3) is 0 Å².